The molecule has 3 rings (SSSR count). The van der Waals surface area contributed by atoms with Crippen LogP contribution in [0.25, 0.3) is 0 Å². The van der Waals surface area contributed by atoms with Crippen LogP contribution in [0, 0.1) is 5.82 Å². The minimum Gasteiger partial charge on any atom is -0.336 e. The largest absolute Gasteiger partial charge is 0.336 e. The highest BCUT2D eigenvalue weighted by Gasteiger charge is 2.25. The number of nitrogens with zero attached hydrogens (tertiary/aromatic N) is 2. The molecule has 0 atom stereocenters. The van der Waals surface area contributed by atoms with E-state index in [2.05, 4.69) is 5.32 Å². The van der Waals surface area contributed by atoms with Crippen molar-refractivity contribution in [1.29, 1.82) is 0 Å². The molecule has 0 saturated carbocycles. The fourth-order valence-electron chi connectivity index (χ4n) is 2.93. The number of hydrogen-bond donors (Lipinski definition) is 1. The quantitative estimate of drug-likeness (QED) is 0.720. The lowest BCUT2D eigenvalue weighted by Crippen LogP contribution is -2.50. The van der Waals surface area contributed by atoms with Gasteiger partial charge in [0.15, 0.2) is 0 Å². The lowest BCUT2D eigenvalue weighted by atomic mass is 10.1. The third-order valence-corrected chi connectivity index (χ3v) is 5.45. The van der Waals surface area contributed by atoms with Gasteiger partial charge in [-0.05, 0) is 24.3 Å². The zero-order valence-corrected chi connectivity index (χ0v) is 17.0. The van der Waals surface area contributed by atoms with Crippen LogP contribution in [0.15, 0.2) is 36.4 Å². The molecular formula is C19H17Cl3FN3O2. The highest BCUT2D eigenvalue weighted by Crippen LogP contribution is 2.32. The van der Waals surface area contributed by atoms with Crippen molar-refractivity contribution >= 4 is 52.3 Å². The van der Waals surface area contributed by atoms with Gasteiger partial charge in [-0.1, -0.05) is 46.9 Å². The van der Waals surface area contributed by atoms with Crippen molar-refractivity contribution < 1.29 is 14.0 Å². The average Bonchev–Trinajstić information content (AvgIpc) is 2.66. The summed E-state index contributed by atoms with van der Waals surface area (Å²) in [5.74, 6) is -1.13. The molecule has 1 saturated heterocycles. The molecule has 5 nitrogen and oxygen atoms in total. The maximum Gasteiger partial charge on any atom is 0.256 e. The first kappa shape index (κ1) is 20.9. The summed E-state index contributed by atoms with van der Waals surface area (Å²) in [5, 5.41) is 3.60. The van der Waals surface area contributed by atoms with Crippen molar-refractivity contribution in [1.82, 2.24) is 9.80 Å². The molecule has 1 aliphatic heterocycles. The molecule has 1 N–H and O–H groups in total. The molecular weight excluding hydrogens is 428 g/mol. The minimum absolute atomic E-state index is 0.0583. The molecule has 0 unspecified atom stereocenters. The molecule has 2 amide bonds. The standard InChI is InChI=1S/C19H17Cl3FN3O2/c20-13-9-15(22)17(10-14(13)21)24-18(27)11-25-5-7-26(8-6-25)19(28)12-3-1-2-4-16(12)23/h1-4,9-10H,5-8,11H2,(H,24,27). The summed E-state index contributed by atoms with van der Waals surface area (Å²) in [6.07, 6.45) is 0. The lowest BCUT2D eigenvalue weighted by molar-refractivity contribution is -0.117. The van der Waals surface area contributed by atoms with Crippen LogP contribution < -0.4 is 5.32 Å². The first-order valence-electron chi connectivity index (χ1n) is 8.55. The van der Waals surface area contributed by atoms with Crippen molar-refractivity contribution in [3.05, 3.63) is 62.8 Å². The molecule has 9 heteroatoms. The second kappa shape index (κ2) is 9.09. The second-order valence-electron chi connectivity index (χ2n) is 6.34. The molecule has 0 bridgehead atoms. The summed E-state index contributed by atoms with van der Waals surface area (Å²) in [6, 6.07) is 8.87. The van der Waals surface area contributed by atoms with E-state index in [1.54, 1.807) is 17.0 Å². The lowest BCUT2D eigenvalue weighted by Gasteiger charge is -2.34. The van der Waals surface area contributed by atoms with Gasteiger partial charge in [0, 0.05) is 26.2 Å². The van der Waals surface area contributed by atoms with Crippen LogP contribution in [0.3, 0.4) is 0 Å². The average molecular weight is 445 g/mol. The number of carbonyl (C=O) groups is 2. The van der Waals surface area contributed by atoms with Crippen LogP contribution in [0.1, 0.15) is 10.4 Å². The van der Waals surface area contributed by atoms with Crippen LogP contribution in [-0.2, 0) is 4.79 Å². The van der Waals surface area contributed by atoms with E-state index in [0.29, 0.717) is 46.9 Å². The number of benzene rings is 2. The Morgan fingerprint density at radius 3 is 2.29 bits per heavy atom. The molecule has 1 aliphatic rings. The van der Waals surface area contributed by atoms with E-state index in [1.165, 1.54) is 24.3 Å². The minimum atomic E-state index is -0.534. The fourth-order valence-corrected chi connectivity index (χ4v) is 3.52. The van der Waals surface area contributed by atoms with Gasteiger partial charge in [-0.25, -0.2) is 4.39 Å². The van der Waals surface area contributed by atoms with Gasteiger partial charge in [0.2, 0.25) is 5.91 Å². The molecule has 0 radical (unpaired) electrons. The van der Waals surface area contributed by atoms with E-state index in [-0.39, 0.29) is 23.9 Å². The molecule has 0 aromatic heterocycles. The van der Waals surface area contributed by atoms with Gasteiger partial charge in [0.05, 0.1) is 32.9 Å². The summed E-state index contributed by atoms with van der Waals surface area (Å²) in [7, 11) is 0. The predicted molar refractivity (Wildman–Crippen MR) is 109 cm³/mol. The molecule has 0 spiro atoms. The van der Waals surface area contributed by atoms with Gasteiger partial charge in [-0.15, -0.1) is 0 Å². The number of halogens is 4. The zero-order valence-electron chi connectivity index (χ0n) is 14.7. The maximum absolute atomic E-state index is 13.8. The predicted octanol–water partition coefficient (Wildman–Crippen LogP) is 4.18. The molecule has 28 heavy (non-hydrogen) atoms. The SMILES string of the molecule is O=C(CN1CCN(C(=O)c2ccccc2F)CC1)Nc1cc(Cl)c(Cl)cc1Cl. The summed E-state index contributed by atoms with van der Waals surface area (Å²) < 4.78 is 13.8. The topological polar surface area (TPSA) is 52.7 Å². The van der Waals surface area contributed by atoms with E-state index in [0.717, 1.165) is 0 Å². The number of rotatable bonds is 4. The van der Waals surface area contributed by atoms with Crippen LogP contribution >= 0.6 is 34.8 Å². The van der Waals surface area contributed by atoms with E-state index >= 15 is 0 Å². The van der Waals surface area contributed by atoms with Crippen molar-refractivity contribution in [2.45, 2.75) is 0 Å². The molecule has 2 aromatic rings. The Bertz CT molecular complexity index is 902. The Morgan fingerprint density at radius 1 is 0.964 bits per heavy atom. The van der Waals surface area contributed by atoms with Gasteiger partial charge in [0.25, 0.3) is 5.91 Å². The third-order valence-electron chi connectivity index (χ3n) is 4.42. The monoisotopic (exact) mass is 443 g/mol. The van der Waals surface area contributed by atoms with Crippen LogP contribution in [0.4, 0.5) is 10.1 Å². The number of carbonyl (C=O) groups excluding carboxylic acids is 2. The first-order valence-corrected chi connectivity index (χ1v) is 9.69. The summed E-state index contributed by atoms with van der Waals surface area (Å²) in [4.78, 5) is 28.2. The number of anilines is 1. The fraction of sp³-hybridized carbons (Fsp3) is 0.263. The Hall–Kier alpha value is -1.86. The van der Waals surface area contributed by atoms with Gasteiger partial charge in [-0.2, -0.15) is 0 Å². The van der Waals surface area contributed by atoms with Crippen molar-refractivity contribution in [2.24, 2.45) is 0 Å². The van der Waals surface area contributed by atoms with Crippen molar-refractivity contribution in [3.8, 4) is 0 Å². The van der Waals surface area contributed by atoms with Gasteiger partial charge < -0.3 is 10.2 Å². The Kier molecular flexibility index (Phi) is 6.78. The number of piperazine rings is 1. The molecule has 1 heterocycles. The third kappa shape index (κ3) is 4.94. The second-order valence-corrected chi connectivity index (χ2v) is 7.56. The Morgan fingerprint density at radius 2 is 1.61 bits per heavy atom. The summed E-state index contributed by atoms with van der Waals surface area (Å²) in [6.45, 7) is 1.96. The van der Waals surface area contributed by atoms with Gasteiger partial charge >= 0.3 is 0 Å². The normalized spacial score (nSPS) is 14.8. The van der Waals surface area contributed by atoms with E-state index in [4.69, 9.17) is 34.8 Å². The summed E-state index contributed by atoms with van der Waals surface area (Å²) >= 11 is 17.9. The zero-order chi connectivity index (χ0) is 20.3. The molecule has 148 valence electrons. The Balaban J connectivity index is 1.53. The number of nitrogens with one attached hydrogen (secondary N) is 1. The van der Waals surface area contributed by atoms with Crippen molar-refractivity contribution in [2.75, 3.05) is 38.0 Å². The Labute approximate surface area is 177 Å². The molecule has 0 aliphatic carbocycles. The van der Waals surface area contributed by atoms with E-state index in [9.17, 15) is 14.0 Å². The highest BCUT2D eigenvalue weighted by molar-refractivity contribution is 6.44. The number of amides is 2. The van der Waals surface area contributed by atoms with Gasteiger partial charge in [0.1, 0.15) is 5.82 Å². The van der Waals surface area contributed by atoms with Crippen LogP contribution in [-0.4, -0.2) is 54.3 Å². The maximum atomic E-state index is 13.8. The first-order chi connectivity index (χ1) is 13.3. The van der Waals surface area contributed by atoms with Gasteiger partial charge in [-0.3, -0.25) is 14.5 Å². The molecule has 1 fully saturated rings. The van der Waals surface area contributed by atoms with Crippen LogP contribution in [0.2, 0.25) is 15.1 Å². The highest BCUT2D eigenvalue weighted by atomic mass is 35.5. The molecule has 2 aromatic carbocycles. The number of hydrogen-bond acceptors (Lipinski definition) is 3. The van der Waals surface area contributed by atoms with Crippen molar-refractivity contribution in [3.63, 3.8) is 0 Å². The van der Waals surface area contributed by atoms with Crippen LogP contribution in [0.5, 0.6) is 0 Å². The smallest absolute Gasteiger partial charge is 0.256 e. The van der Waals surface area contributed by atoms with E-state index in [1.807, 2.05) is 4.90 Å². The van der Waals surface area contributed by atoms with E-state index < -0.39 is 5.82 Å². The summed E-state index contributed by atoms with van der Waals surface area (Å²) in [5.41, 5.74) is 0.442.